The fourth-order valence-electron chi connectivity index (χ4n) is 0.757. The summed E-state index contributed by atoms with van der Waals surface area (Å²) in [5, 5.41) is 7.74. The van der Waals surface area contributed by atoms with Crippen molar-refractivity contribution in [2.24, 2.45) is 0 Å². The summed E-state index contributed by atoms with van der Waals surface area (Å²) in [7, 11) is 0. The van der Waals surface area contributed by atoms with Crippen molar-refractivity contribution in [3.05, 3.63) is 0 Å². The van der Waals surface area contributed by atoms with Gasteiger partial charge in [0.2, 0.25) is 0 Å². The molecule has 0 fully saturated rings. The second-order valence-electron chi connectivity index (χ2n) is 3.42. The number of alkyl halides is 11. The van der Waals surface area contributed by atoms with Crippen molar-refractivity contribution in [3.8, 4) is 0 Å². The Hall–Kier alpha value is -1.67. The first-order chi connectivity index (χ1) is 9.31. The van der Waals surface area contributed by atoms with Gasteiger partial charge in [-0.1, -0.05) is 0 Å². The van der Waals surface area contributed by atoms with E-state index in [1.54, 1.807) is 4.74 Å². The fourth-order valence-corrected chi connectivity index (χ4v) is 0.757. The molecule has 0 saturated heterocycles. The van der Waals surface area contributed by atoms with Gasteiger partial charge in [0.15, 0.2) is 0 Å². The Balaban J connectivity index is 5.75. The zero-order valence-corrected chi connectivity index (χ0v) is 9.33. The minimum absolute atomic E-state index is 1.67. The van der Waals surface area contributed by atoms with Gasteiger partial charge >= 0.3 is 42.0 Å². The second-order valence-corrected chi connectivity index (χ2v) is 3.42. The average molecular weight is 358 g/mol. The number of carbonyl (C=O) groups excluding carboxylic acids is 1. The van der Waals surface area contributed by atoms with Gasteiger partial charge in [0.1, 0.15) is 0 Å². The highest BCUT2D eigenvalue weighted by Crippen LogP contribution is 2.54. The van der Waals surface area contributed by atoms with Gasteiger partial charge in [0, 0.05) is 0 Å². The maximum Gasteiger partial charge on any atom is 0.460 e. The van der Waals surface area contributed by atoms with E-state index < -0.39 is 42.0 Å². The van der Waals surface area contributed by atoms with Crippen molar-refractivity contribution >= 4 is 11.8 Å². The molecule has 130 valence electrons. The zero-order valence-electron chi connectivity index (χ0n) is 9.33. The van der Waals surface area contributed by atoms with Gasteiger partial charge in [0.05, 0.1) is 0 Å². The molecule has 0 atom stereocenters. The quantitative estimate of drug-likeness (QED) is 0.586. The summed E-state index contributed by atoms with van der Waals surface area (Å²) in [5.74, 6) is -21.9. The molecule has 0 aliphatic rings. The van der Waals surface area contributed by atoms with E-state index in [0.717, 1.165) is 0 Å². The lowest BCUT2D eigenvalue weighted by atomic mass is 10.1. The molecule has 0 aromatic heterocycles. The van der Waals surface area contributed by atoms with Crippen LogP contribution in [0.2, 0.25) is 0 Å². The van der Waals surface area contributed by atoms with Crippen molar-refractivity contribution in [2.75, 3.05) is 0 Å². The van der Waals surface area contributed by atoms with Crippen molar-refractivity contribution in [2.45, 2.75) is 30.2 Å². The van der Waals surface area contributed by atoms with E-state index in [9.17, 15) is 57.9 Å². The number of hydrogen-bond donors (Lipinski definition) is 1. The first-order valence-corrected chi connectivity index (χ1v) is 4.37. The number of ketones is 1. The lowest BCUT2D eigenvalue weighted by molar-refractivity contribution is -0.473. The number of Topliss-reactive ketones (excluding diaryl/α,β-unsaturated/α-hetero) is 1. The molecule has 1 N–H and O–H groups in total. The SMILES string of the molecule is O=C(O)C(=O)C(F)(F)OC(F)(F)C(F)(F)C(F)(F)C(F)(F)F. The summed E-state index contributed by atoms with van der Waals surface area (Å²) in [6, 6.07) is 0. The normalized spacial score (nSPS) is 14.9. The van der Waals surface area contributed by atoms with Crippen molar-refractivity contribution in [1.82, 2.24) is 0 Å². The minimum Gasteiger partial charge on any atom is -0.475 e. The molecule has 0 rings (SSSR count). The maximum absolute atomic E-state index is 12.6. The maximum atomic E-state index is 12.6. The smallest absolute Gasteiger partial charge is 0.460 e. The first kappa shape index (κ1) is 20.3. The second kappa shape index (κ2) is 5.20. The molecule has 0 aliphatic carbocycles. The number of ether oxygens (including phenoxy) is 1. The van der Waals surface area contributed by atoms with Crippen LogP contribution in [-0.2, 0) is 14.3 Å². The van der Waals surface area contributed by atoms with Gasteiger partial charge in [-0.05, 0) is 0 Å². The van der Waals surface area contributed by atoms with Gasteiger partial charge in [-0.2, -0.15) is 48.3 Å². The molecule has 0 amide bonds. The number of carbonyl (C=O) groups is 2. The third kappa shape index (κ3) is 3.22. The van der Waals surface area contributed by atoms with Crippen molar-refractivity contribution < 1.29 is 67.7 Å². The predicted molar refractivity (Wildman–Crippen MR) is 39.6 cm³/mol. The average Bonchev–Trinajstić information content (AvgIpc) is 2.24. The molecule has 0 aromatic rings. The van der Waals surface area contributed by atoms with Crippen LogP contribution in [0.3, 0.4) is 0 Å². The van der Waals surface area contributed by atoms with Crippen LogP contribution in [0.1, 0.15) is 0 Å². The summed E-state index contributed by atoms with van der Waals surface area (Å²) >= 11 is 0. The van der Waals surface area contributed by atoms with Gasteiger partial charge in [-0.3, -0.25) is 4.79 Å². The number of carboxylic acid groups (broad SMARTS) is 1. The summed E-state index contributed by atoms with van der Waals surface area (Å²) < 4.78 is 136. The highest BCUT2D eigenvalue weighted by Gasteiger charge is 2.84. The summed E-state index contributed by atoms with van der Waals surface area (Å²) in [4.78, 5) is 19.9. The summed E-state index contributed by atoms with van der Waals surface area (Å²) in [5.41, 5.74) is 0. The van der Waals surface area contributed by atoms with Crippen LogP contribution in [-0.4, -0.2) is 47.1 Å². The molecular weight excluding hydrogens is 357 g/mol. The van der Waals surface area contributed by atoms with E-state index in [1.165, 1.54) is 0 Å². The third-order valence-electron chi connectivity index (χ3n) is 1.83. The molecule has 0 aromatic carbocycles. The zero-order chi connectivity index (χ0) is 18.4. The summed E-state index contributed by atoms with van der Waals surface area (Å²) in [6.45, 7) is 0. The molecule has 4 nitrogen and oxygen atoms in total. The van der Waals surface area contributed by atoms with Gasteiger partial charge in [-0.15, -0.1) is 0 Å². The topological polar surface area (TPSA) is 63.6 Å². The molecule has 22 heavy (non-hydrogen) atoms. The Morgan fingerprint density at radius 3 is 1.36 bits per heavy atom. The van der Waals surface area contributed by atoms with Crippen LogP contribution in [0.15, 0.2) is 0 Å². The van der Waals surface area contributed by atoms with Gasteiger partial charge in [-0.25, -0.2) is 9.53 Å². The monoisotopic (exact) mass is 358 g/mol. The van der Waals surface area contributed by atoms with Crippen LogP contribution in [0.5, 0.6) is 0 Å². The van der Waals surface area contributed by atoms with Crippen LogP contribution in [0.4, 0.5) is 48.3 Å². The predicted octanol–water partition coefficient (Wildman–Crippen LogP) is 2.68. The van der Waals surface area contributed by atoms with Gasteiger partial charge < -0.3 is 5.11 Å². The molecule has 0 bridgehead atoms. The highest BCUT2D eigenvalue weighted by molar-refractivity contribution is 6.35. The molecule has 0 aliphatic heterocycles. The molecular formula is C7HF11O4. The number of hydrogen-bond acceptors (Lipinski definition) is 3. The van der Waals surface area contributed by atoms with Crippen LogP contribution in [0, 0.1) is 0 Å². The van der Waals surface area contributed by atoms with E-state index in [-0.39, 0.29) is 0 Å². The number of carboxylic acids is 1. The molecule has 0 heterocycles. The Labute approximate surface area is 111 Å². The fraction of sp³-hybridized carbons (Fsp3) is 0.714. The minimum atomic E-state index is -7.58. The number of rotatable bonds is 6. The Morgan fingerprint density at radius 1 is 0.727 bits per heavy atom. The largest absolute Gasteiger partial charge is 0.475 e. The lowest BCUT2D eigenvalue weighted by Gasteiger charge is -2.33. The number of halogens is 11. The van der Waals surface area contributed by atoms with E-state index in [4.69, 9.17) is 5.11 Å². The van der Waals surface area contributed by atoms with Gasteiger partial charge in [0.25, 0.3) is 0 Å². The van der Waals surface area contributed by atoms with Crippen molar-refractivity contribution in [3.63, 3.8) is 0 Å². The van der Waals surface area contributed by atoms with E-state index in [0.29, 0.717) is 0 Å². The van der Waals surface area contributed by atoms with E-state index in [1.807, 2.05) is 0 Å². The van der Waals surface area contributed by atoms with E-state index >= 15 is 0 Å². The third-order valence-corrected chi connectivity index (χ3v) is 1.83. The first-order valence-electron chi connectivity index (χ1n) is 4.37. The van der Waals surface area contributed by atoms with Crippen LogP contribution in [0.25, 0.3) is 0 Å². The molecule has 15 heteroatoms. The Bertz CT molecular complexity index is 466. The van der Waals surface area contributed by atoms with Crippen LogP contribution >= 0.6 is 0 Å². The molecule has 0 radical (unpaired) electrons. The Morgan fingerprint density at radius 2 is 1.09 bits per heavy atom. The number of aliphatic carboxylic acids is 1. The Kier molecular flexibility index (Phi) is 4.81. The summed E-state index contributed by atoms with van der Waals surface area (Å²) in [6.07, 6.45) is -20.9. The molecule has 0 unspecified atom stereocenters. The molecule has 0 spiro atoms. The standard InChI is InChI=1S/C7HF11O4/c8-3(9,1(19)2(20)21)22-7(17,18)5(12,13)4(10,11)6(14,15)16/h(H,20,21). The van der Waals surface area contributed by atoms with Crippen molar-refractivity contribution in [1.29, 1.82) is 0 Å². The lowest BCUT2D eigenvalue weighted by Crippen LogP contribution is -2.63. The van der Waals surface area contributed by atoms with Crippen LogP contribution < -0.4 is 0 Å². The molecule has 0 saturated carbocycles. The highest BCUT2D eigenvalue weighted by atomic mass is 19.4. The van der Waals surface area contributed by atoms with E-state index in [2.05, 4.69) is 0 Å².